The summed E-state index contributed by atoms with van der Waals surface area (Å²) in [7, 11) is 0. The van der Waals surface area contributed by atoms with Gasteiger partial charge in [-0.25, -0.2) is 4.98 Å². The lowest BCUT2D eigenvalue weighted by Gasteiger charge is -2.22. The Kier molecular flexibility index (Phi) is 3.11. The van der Waals surface area contributed by atoms with Gasteiger partial charge in [0.2, 0.25) is 0 Å². The van der Waals surface area contributed by atoms with Gasteiger partial charge in [0.25, 0.3) is 5.91 Å². The first kappa shape index (κ1) is 11.3. The molecule has 1 unspecified atom stereocenters. The van der Waals surface area contributed by atoms with E-state index >= 15 is 0 Å². The smallest absolute Gasteiger partial charge is 0.266 e. The molecule has 1 fully saturated rings. The van der Waals surface area contributed by atoms with E-state index in [0.717, 1.165) is 12.8 Å². The molecule has 1 atom stereocenters. The molecule has 6 heteroatoms. The van der Waals surface area contributed by atoms with Gasteiger partial charge in [-0.2, -0.15) is 0 Å². The van der Waals surface area contributed by atoms with Crippen molar-refractivity contribution in [2.75, 3.05) is 18.9 Å². The molecule has 0 spiro atoms. The van der Waals surface area contributed by atoms with Crippen LogP contribution < -0.4 is 5.73 Å². The summed E-state index contributed by atoms with van der Waals surface area (Å²) in [6.45, 7) is 2.52. The minimum absolute atomic E-state index is 0.0269. The average molecular weight is 241 g/mol. The molecule has 0 saturated carbocycles. The van der Waals surface area contributed by atoms with Crippen LogP contribution in [0.25, 0.3) is 0 Å². The predicted molar refractivity (Wildman–Crippen MR) is 62.4 cm³/mol. The van der Waals surface area contributed by atoms with Crippen LogP contribution in [-0.2, 0) is 0 Å². The molecule has 3 N–H and O–H groups in total. The molecule has 1 aliphatic heterocycles. The van der Waals surface area contributed by atoms with Crippen LogP contribution in [0, 0.1) is 6.92 Å². The molecular formula is C10H15N3O2S. The van der Waals surface area contributed by atoms with Crippen LogP contribution in [0.4, 0.5) is 5.13 Å². The average Bonchev–Trinajstić information content (AvgIpc) is 2.83. The Balaban J connectivity index is 2.21. The Morgan fingerprint density at radius 3 is 3.06 bits per heavy atom. The van der Waals surface area contributed by atoms with Crippen molar-refractivity contribution in [1.29, 1.82) is 0 Å². The lowest BCUT2D eigenvalue weighted by atomic mass is 10.2. The van der Waals surface area contributed by atoms with Crippen LogP contribution in [-0.4, -0.2) is 40.1 Å². The minimum atomic E-state index is -0.0525. The van der Waals surface area contributed by atoms with E-state index in [9.17, 15) is 9.90 Å². The Bertz CT molecular complexity index is 405. The first-order valence-corrected chi connectivity index (χ1v) is 6.10. The van der Waals surface area contributed by atoms with E-state index in [1.807, 2.05) is 0 Å². The topological polar surface area (TPSA) is 79.5 Å². The Hall–Kier alpha value is -1.14. The SMILES string of the molecule is Cc1nc(N)sc1C(=O)N1CCCC1CO. The maximum Gasteiger partial charge on any atom is 0.266 e. The number of carbonyl (C=O) groups is 1. The number of likely N-dealkylation sites (tertiary alicyclic amines) is 1. The number of hydrogen-bond donors (Lipinski definition) is 2. The number of hydrogen-bond acceptors (Lipinski definition) is 5. The monoisotopic (exact) mass is 241 g/mol. The number of aliphatic hydroxyl groups is 1. The summed E-state index contributed by atoms with van der Waals surface area (Å²) >= 11 is 1.22. The third-order valence-corrected chi connectivity index (χ3v) is 3.83. The van der Waals surface area contributed by atoms with Gasteiger partial charge in [-0.05, 0) is 19.8 Å². The fourth-order valence-corrected chi connectivity index (χ4v) is 2.83. The quantitative estimate of drug-likeness (QED) is 0.796. The lowest BCUT2D eigenvalue weighted by Crippen LogP contribution is -2.37. The van der Waals surface area contributed by atoms with Crippen LogP contribution in [0.2, 0.25) is 0 Å². The zero-order chi connectivity index (χ0) is 11.7. The third-order valence-electron chi connectivity index (χ3n) is 2.86. The molecule has 1 aromatic rings. The number of carbonyl (C=O) groups excluding carboxylic acids is 1. The second kappa shape index (κ2) is 4.39. The molecule has 0 aromatic carbocycles. The van der Waals surface area contributed by atoms with Crippen LogP contribution in [0.5, 0.6) is 0 Å². The number of aliphatic hydroxyl groups excluding tert-OH is 1. The number of nitrogens with zero attached hydrogens (tertiary/aromatic N) is 2. The summed E-state index contributed by atoms with van der Waals surface area (Å²) in [6, 6.07) is -0.0461. The second-order valence-corrected chi connectivity index (χ2v) is 4.97. The maximum absolute atomic E-state index is 12.2. The van der Waals surface area contributed by atoms with E-state index in [0.29, 0.717) is 22.2 Å². The van der Waals surface area contributed by atoms with Crippen LogP contribution in [0.15, 0.2) is 0 Å². The molecule has 2 heterocycles. The number of anilines is 1. The van der Waals surface area contributed by atoms with Crippen LogP contribution >= 0.6 is 11.3 Å². The van der Waals surface area contributed by atoms with E-state index < -0.39 is 0 Å². The molecular weight excluding hydrogens is 226 g/mol. The molecule has 0 radical (unpaired) electrons. The first-order chi connectivity index (χ1) is 7.63. The fraction of sp³-hybridized carbons (Fsp3) is 0.600. The molecule has 0 aliphatic carbocycles. The predicted octanol–water partition coefficient (Wildman–Crippen LogP) is 0.631. The highest BCUT2D eigenvalue weighted by molar-refractivity contribution is 7.17. The van der Waals surface area contributed by atoms with Gasteiger partial charge in [-0.3, -0.25) is 4.79 Å². The van der Waals surface area contributed by atoms with Gasteiger partial charge in [-0.15, -0.1) is 0 Å². The van der Waals surface area contributed by atoms with Gasteiger partial charge in [0.05, 0.1) is 18.3 Å². The number of aryl methyl sites for hydroxylation is 1. The second-order valence-electron chi connectivity index (χ2n) is 3.94. The van der Waals surface area contributed by atoms with Gasteiger partial charge < -0.3 is 15.7 Å². The highest BCUT2D eigenvalue weighted by Gasteiger charge is 2.30. The van der Waals surface area contributed by atoms with Crippen molar-refractivity contribution in [3.63, 3.8) is 0 Å². The van der Waals surface area contributed by atoms with Crippen molar-refractivity contribution in [2.24, 2.45) is 0 Å². The van der Waals surface area contributed by atoms with E-state index in [2.05, 4.69) is 4.98 Å². The van der Waals surface area contributed by atoms with Crippen molar-refractivity contribution >= 4 is 22.4 Å². The van der Waals surface area contributed by atoms with E-state index in [1.165, 1.54) is 11.3 Å². The van der Waals surface area contributed by atoms with Crippen molar-refractivity contribution in [3.05, 3.63) is 10.6 Å². The Labute approximate surface area is 97.9 Å². The standard InChI is InChI=1S/C10H15N3O2S/c1-6-8(16-10(11)12-6)9(15)13-4-2-3-7(13)5-14/h7,14H,2-5H2,1H3,(H2,11,12). The summed E-state index contributed by atoms with van der Waals surface area (Å²) in [5, 5.41) is 9.59. The minimum Gasteiger partial charge on any atom is -0.394 e. The zero-order valence-electron chi connectivity index (χ0n) is 9.14. The van der Waals surface area contributed by atoms with Gasteiger partial charge in [0, 0.05) is 6.54 Å². The van der Waals surface area contributed by atoms with Gasteiger partial charge >= 0.3 is 0 Å². The van der Waals surface area contributed by atoms with Gasteiger partial charge in [-0.1, -0.05) is 11.3 Å². The zero-order valence-corrected chi connectivity index (χ0v) is 9.96. The summed E-state index contributed by atoms with van der Waals surface area (Å²) in [5.41, 5.74) is 6.25. The largest absolute Gasteiger partial charge is 0.394 e. The highest BCUT2D eigenvalue weighted by atomic mass is 32.1. The lowest BCUT2D eigenvalue weighted by molar-refractivity contribution is 0.0681. The molecule has 1 aliphatic rings. The molecule has 1 saturated heterocycles. The molecule has 0 bridgehead atoms. The number of nitrogen functional groups attached to an aromatic ring is 1. The van der Waals surface area contributed by atoms with E-state index in [4.69, 9.17) is 5.73 Å². The molecule has 2 rings (SSSR count). The first-order valence-electron chi connectivity index (χ1n) is 5.28. The molecule has 16 heavy (non-hydrogen) atoms. The molecule has 1 amide bonds. The fourth-order valence-electron chi connectivity index (χ4n) is 2.04. The van der Waals surface area contributed by atoms with E-state index in [1.54, 1.807) is 11.8 Å². The highest BCUT2D eigenvalue weighted by Crippen LogP contribution is 2.25. The summed E-state index contributed by atoms with van der Waals surface area (Å²) in [6.07, 6.45) is 1.82. The Morgan fingerprint density at radius 2 is 2.50 bits per heavy atom. The van der Waals surface area contributed by atoms with Crippen molar-refractivity contribution in [1.82, 2.24) is 9.88 Å². The number of thiazole rings is 1. The number of nitrogens with two attached hydrogens (primary N) is 1. The number of rotatable bonds is 2. The third kappa shape index (κ3) is 1.90. The molecule has 5 nitrogen and oxygen atoms in total. The molecule has 1 aromatic heterocycles. The van der Waals surface area contributed by atoms with Gasteiger partial charge in [0.15, 0.2) is 5.13 Å². The van der Waals surface area contributed by atoms with E-state index in [-0.39, 0.29) is 18.6 Å². The van der Waals surface area contributed by atoms with Crippen molar-refractivity contribution in [2.45, 2.75) is 25.8 Å². The van der Waals surface area contributed by atoms with Crippen molar-refractivity contribution in [3.8, 4) is 0 Å². The summed E-state index contributed by atoms with van der Waals surface area (Å²) in [5.74, 6) is -0.0525. The normalized spacial score (nSPS) is 20.4. The van der Waals surface area contributed by atoms with Crippen molar-refractivity contribution < 1.29 is 9.90 Å². The summed E-state index contributed by atoms with van der Waals surface area (Å²) < 4.78 is 0. The Morgan fingerprint density at radius 1 is 1.75 bits per heavy atom. The van der Waals surface area contributed by atoms with Gasteiger partial charge in [0.1, 0.15) is 4.88 Å². The van der Waals surface area contributed by atoms with Crippen LogP contribution in [0.1, 0.15) is 28.2 Å². The number of amides is 1. The number of aromatic nitrogens is 1. The molecule has 88 valence electrons. The maximum atomic E-state index is 12.2. The summed E-state index contributed by atoms with van der Waals surface area (Å²) in [4.78, 5) is 18.5. The van der Waals surface area contributed by atoms with Crippen LogP contribution in [0.3, 0.4) is 0 Å².